The average molecular weight is 468 g/mol. The molecule has 0 aliphatic heterocycles. The van der Waals surface area contributed by atoms with Gasteiger partial charge in [0.25, 0.3) is 0 Å². The van der Waals surface area contributed by atoms with Crippen LogP contribution in [0.5, 0.6) is 0 Å². The predicted molar refractivity (Wildman–Crippen MR) is 90.0 cm³/mol. The summed E-state index contributed by atoms with van der Waals surface area (Å²) in [6, 6.07) is 8.69. The van der Waals surface area contributed by atoms with Gasteiger partial charge in [-0.1, -0.05) is 24.3 Å². The zero-order valence-electron chi connectivity index (χ0n) is 9.46. The van der Waals surface area contributed by atoms with Crippen LogP contribution in [-0.4, -0.2) is 26.2 Å². The van der Waals surface area contributed by atoms with Gasteiger partial charge in [0.15, 0.2) is 0 Å². The number of hydrogen-bond acceptors (Lipinski definition) is 2. The van der Waals surface area contributed by atoms with E-state index in [1.54, 1.807) is 0 Å². The molecule has 0 heterocycles. The minimum atomic E-state index is -3.13. The number of hydrogen-bond donors (Lipinski definition) is 0. The van der Waals surface area contributed by atoms with Crippen molar-refractivity contribution in [3.63, 3.8) is 0 Å². The van der Waals surface area contributed by atoms with Crippen LogP contribution < -0.4 is 0 Å². The summed E-state index contributed by atoms with van der Waals surface area (Å²) >= 11 is 0.640. The summed E-state index contributed by atoms with van der Waals surface area (Å²) in [6.07, 6.45) is 4.30. The van der Waals surface area contributed by atoms with E-state index < -0.39 is 13.7 Å². The van der Waals surface area contributed by atoms with E-state index in [1.165, 1.54) is 11.1 Å². The summed E-state index contributed by atoms with van der Waals surface area (Å²) in [5, 5.41) is 0. The number of benzene rings is 1. The summed E-state index contributed by atoms with van der Waals surface area (Å²) in [6.45, 7) is 0. The fourth-order valence-electron chi connectivity index (χ4n) is 1.15. The number of thioether (sulfide) groups is 2. The molecule has 0 nitrogen and oxygen atoms in total. The third kappa shape index (κ3) is 12.6. The summed E-state index contributed by atoms with van der Waals surface area (Å²) in [7, 11) is 20.1. The average Bonchev–Trinajstić information content (AvgIpc) is 2.19. The van der Waals surface area contributed by atoms with E-state index in [1.807, 2.05) is 23.5 Å². The molecule has 0 aliphatic carbocycles. The molecule has 1 aromatic carbocycles. The van der Waals surface area contributed by atoms with Gasteiger partial charge in [0.2, 0.25) is 0 Å². The number of rotatable bonds is 4. The molecule has 17 heavy (non-hydrogen) atoms. The minimum absolute atomic E-state index is 1.14. The van der Waals surface area contributed by atoms with Crippen LogP contribution in [0.25, 0.3) is 0 Å². The van der Waals surface area contributed by atoms with Crippen LogP contribution >= 0.6 is 59.4 Å². The van der Waals surface area contributed by atoms with Gasteiger partial charge in [-0.3, -0.25) is 0 Å². The van der Waals surface area contributed by atoms with Crippen molar-refractivity contribution in [1.29, 1.82) is 0 Å². The van der Waals surface area contributed by atoms with E-state index in [-0.39, 0.29) is 0 Å². The van der Waals surface area contributed by atoms with Crippen molar-refractivity contribution in [2.24, 2.45) is 0 Å². The molecular formula is C10H14Cl4S2Te. The van der Waals surface area contributed by atoms with E-state index in [0.717, 1.165) is 11.5 Å². The molecule has 0 aliphatic rings. The van der Waals surface area contributed by atoms with Crippen LogP contribution in [0.2, 0.25) is 0 Å². The Balaban J connectivity index is 0.000000437. The first-order valence-corrected chi connectivity index (χ1v) is 19.1. The molecule has 1 aromatic rings. The maximum absolute atomic E-state index is 5.02. The van der Waals surface area contributed by atoms with Gasteiger partial charge in [-0.15, -0.1) is 0 Å². The van der Waals surface area contributed by atoms with E-state index in [4.69, 9.17) is 35.9 Å². The van der Waals surface area contributed by atoms with E-state index in [9.17, 15) is 0 Å². The second kappa shape index (κ2) is 10.6. The van der Waals surface area contributed by atoms with E-state index >= 15 is 0 Å². The second-order valence-corrected chi connectivity index (χ2v) is 25.5. The summed E-state index contributed by atoms with van der Waals surface area (Å²) in [4.78, 5) is 0. The van der Waals surface area contributed by atoms with Gasteiger partial charge in [0, 0.05) is 11.5 Å². The predicted octanol–water partition coefficient (Wildman–Crippen LogP) is 5.79. The molecule has 0 unspecified atom stereocenters. The van der Waals surface area contributed by atoms with Gasteiger partial charge < -0.3 is 0 Å². The molecule has 7 heteroatoms. The van der Waals surface area contributed by atoms with Crippen molar-refractivity contribution < 1.29 is 0 Å². The zero-order valence-corrected chi connectivity index (χ0v) is 16.4. The van der Waals surface area contributed by atoms with Crippen molar-refractivity contribution in [3.05, 3.63) is 35.4 Å². The molecular weight excluding hydrogens is 454 g/mol. The Morgan fingerprint density at radius 3 is 1.41 bits per heavy atom. The molecule has 0 amide bonds. The molecule has 0 bridgehead atoms. The van der Waals surface area contributed by atoms with Crippen LogP contribution in [0, 0.1) is 0 Å². The van der Waals surface area contributed by atoms with Gasteiger partial charge in [0.05, 0.1) is 0 Å². The van der Waals surface area contributed by atoms with Crippen molar-refractivity contribution in [2.75, 3.05) is 12.5 Å². The number of halogens is 4. The van der Waals surface area contributed by atoms with Gasteiger partial charge >= 0.3 is 49.6 Å². The van der Waals surface area contributed by atoms with E-state index in [2.05, 4.69) is 36.8 Å². The first-order chi connectivity index (χ1) is 7.88. The van der Waals surface area contributed by atoms with E-state index in [0.29, 0.717) is 0 Å². The van der Waals surface area contributed by atoms with Crippen LogP contribution in [0.4, 0.5) is 0 Å². The quantitative estimate of drug-likeness (QED) is 0.514. The van der Waals surface area contributed by atoms with Gasteiger partial charge in [-0.2, -0.15) is 23.5 Å². The second-order valence-electron chi connectivity index (χ2n) is 2.98. The van der Waals surface area contributed by atoms with Crippen LogP contribution in [-0.2, 0) is 11.5 Å². The maximum atomic E-state index is 5.02. The molecule has 0 fully saturated rings. The zero-order chi connectivity index (χ0) is 13.3. The van der Waals surface area contributed by atoms with Gasteiger partial charge in [-0.05, 0) is 23.6 Å². The molecule has 0 atom stereocenters. The Kier molecular flexibility index (Phi) is 11.8. The summed E-state index contributed by atoms with van der Waals surface area (Å²) in [5.41, 5.74) is 2.97. The molecule has 1 rings (SSSR count). The van der Waals surface area contributed by atoms with Crippen molar-refractivity contribution in [1.82, 2.24) is 0 Å². The summed E-state index contributed by atoms with van der Waals surface area (Å²) < 4.78 is 0. The van der Waals surface area contributed by atoms with Crippen molar-refractivity contribution in [2.45, 2.75) is 11.5 Å². The topological polar surface area (TPSA) is 0 Å². The third-order valence-electron chi connectivity index (χ3n) is 1.72. The monoisotopic (exact) mass is 468 g/mol. The molecule has 0 N–H and O–H groups in total. The normalized spacial score (nSPS) is 11.6. The van der Waals surface area contributed by atoms with Gasteiger partial charge in [0.1, 0.15) is 0 Å². The van der Waals surface area contributed by atoms with Crippen molar-refractivity contribution >= 4 is 73.1 Å². The summed E-state index contributed by atoms with van der Waals surface area (Å²) in [5.74, 6) is 2.27. The molecule has 0 aromatic heterocycles. The SMILES string of the molecule is CSCc1ccccc1CSC.Cl[Te](Cl)(Cl)Cl. The Labute approximate surface area is 131 Å². The first-order valence-electron chi connectivity index (χ1n) is 4.55. The Bertz CT molecular complexity index is 286. The fourth-order valence-corrected chi connectivity index (χ4v) is 2.34. The Morgan fingerprint density at radius 1 is 0.882 bits per heavy atom. The Hall–Kier alpha value is 1.87. The van der Waals surface area contributed by atoms with Gasteiger partial charge in [-0.25, -0.2) is 0 Å². The Morgan fingerprint density at radius 2 is 1.18 bits per heavy atom. The standard InChI is InChI=1S/C10H14S2.Cl4Te/c1-11-7-9-5-3-4-6-10(9)8-12-2;1-5(2,3)4/h3-6H,7-8H2,1-2H3;. The fraction of sp³-hybridized carbons (Fsp3) is 0.400. The third-order valence-corrected chi connectivity index (χ3v) is 2.92. The molecule has 0 saturated carbocycles. The van der Waals surface area contributed by atoms with Crippen molar-refractivity contribution in [3.8, 4) is 0 Å². The van der Waals surface area contributed by atoms with Crippen LogP contribution in [0.3, 0.4) is 0 Å². The van der Waals surface area contributed by atoms with Crippen LogP contribution in [0.1, 0.15) is 11.1 Å². The first kappa shape index (κ1) is 18.9. The van der Waals surface area contributed by atoms with Crippen LogP contribution in [0.15, 0.2) is 24.3 Å². The molecule has 0 radical (unpaired) electrons. The molecule has 100 valence electrons. The molecule has 0 saturated heterocycles. The molecule has 0 spiro atoms.